The minimum atomic E-state index is -0.107. The van der Waals surface area contributed by atoms with Crippen molar-refractivity contribution >= 4 is 29.1 Å². The second-order valence-corrected chi connectivity index (χ2v) is 9.17. The van der Waals surface area contributed by atoms with Crippen LogP contribution >= 0.6 is 23.2 Å². The number of hydrogen-bond acceptors (Lipinski definition) is 5. The number of amides is 1. The zero-order chi connectivity index (χ0) is 23.4. The highest BCUT2D eigenvalue weighted by Crippen LogP contribution is 2.25. The molecule has 0 aliphatic carbocycles. The summed E-state index contributed by atoms with van der Waals surface area (Å²) in [6, 6.07) is 15.6. The Labute approximate surface area is 203 Å². The Bertz CT molecular complexity index is 1100. The number of aromatic nitrogens is 1. The number of carbonyl (C=O) groups is 1. The van der Waals surface area contributed by atoms with Gasteiger partial charge in [-0.25, -0.2) is 4.98 Å². The number of nitrogens with zero attached hydrogens (tertiary/aromatic N) is 2. The number of hydrogen-bond donors (Lipinski definition) is 1. The molecule has 1 saturated heterocycles. The summed E-state index contributed by atoms with van der Waals surface area (Å²) in [7, 11) is 0. The average molecular weight is 488 g/mol. The Balaban J connectivity index is 1.30. The summed E-state index contributed by atoms with van der Waals surface area (Å²) in [5.41, 5.74) is 2.63. The van der Waals surface area contributed by atoms with Crippen LogP contribution in [0.4, 0.5) is 0 Å². The van der Waals surface area contributed by atoms with Gasteiger partial charge in [0, 0.05) is 31.2 Å². The predicted molar refractivity (Wildman–Crippen MR) is 129 cm³/mol. The van der Waals surface area contributed by atoms with Crippen molar-refractivity contribution in [1.29, 1.82) is 0 Å². The van der Waals surface area contributed by atoms with Crippen molar-refractivity contribution in [2.75, 3.05) is 19.7 Å². The quantitative estimate of drug-likeness (QED) is 0.512. The molecule has 0 radical (unpaired) electrons. The first-order valence-electron chi connectivity index (χ1n) is 11.0. The van der Waals surface area contributed by atoms with Crippen LogP contribution < -0.4 is 5.32 Å². The summed E-state index contributed by atoms with van der Waals surface area (Å²) in [6.07, 6.45) is 0.0735. The van der Waals surface area contributed by atoms with Gasteiger partial charge in [0.25, 0.3) is 0 Å². The molecule has 33 heavy (non-hydrogen) atoms. The van der Waals surface area contributed by atoms with Crippen LogP contribution in [0.25, 0.3) is 11.5 Å². The van der Waals surface area contributed by atoms with Crippen LogP contribution in [0.15, 0.2) is 52.9 Å². The lowest BCUT2D eigenvalue weighted by molar-refractivity contribution is -0.122. The molecule has 8 heteroatoms. The van der Waals surface area contributed by atoms with Gasteiger partial charge in [-0.1, -0.05) is 47.5 Å². The highest BCUT2D eigenvalue weighted by Gasteiger charge is 2.27. The summed E-state index contributed by atoms with van der Waals surface area (Å²) in [5.74, 6) is 1.07. The van der Waals surface area contributed by atoms with Crippen LogP contribution in [0, 0.1) is 6.92 Å². The number of morpholine rings is 1. The van der Waals surface area contributed by atoms with Gasteiger partial charge in [-0.15, -0.1) is 0 Å². The van der Waals surface area contributed by atoms with Gasteiger partial charge >= 0.3 is 0 Å². The molecule has 2 atom stereocenters. The maximum atomic E-state index is 12.6. The number of rotatable bonds is 7. The molecule has 0 saturated carbocycles. The van der Waals surface area contributed by atoms with E-state index >= 15 is 0 Å². The van der Waals surface area contributed by atoms with E-state index in [1.807, 2.05) is 55.5 Å². The molecule has 3 aromatic rings. The number of halogens is 2. The molecule has 1 aliphatic heterocycles. The van der Waals surface area contributed by atoms with Gasteiger partial charge < -0.3 is 14.5 Å². The van der Waals surface area contributed by atoms with Gasteiger partial charge in [-0.3, -0.25) is 9.69 Å². The molecule has 6 nitrogen and oxygen atoms in total. The van der Waals surface area contributed by atoms with E-state index in [1.165, 1.54) is 0 Å². The zero-order valence-corrected chi connectivity index (χ0v) is 20.2. The van der Waals surface area contributed by atoms with Gasteiger partial charge in [0.15, 0.2) is 0 Å². The highest BCUT2D eigenvalue weighted by atomic mass is 35.5. The van der Waals surface area contributed by atoms with Crippen molar-refractivity contribution in [3.8, 4) is 11.5 Å². The Kier molecular flexibility index (Phi) is 7.71. The molecule has 2 aromatic carbocycles. The Hall–Kier alpha value is -2.38. The minimum absolute atomic E-state index is 0.0915. The van der Waals surface area contributed by atoms with Gasteiger partial charge in [-0.2, -0.15) is 0 Å². The van der Waals surface area contributed by atoms with Crippen LogP contribution in [0.3, 0.4) is 0 Å². The normalized spacial score (nSPS) is 18.9. The molecule has 1 fully saturated rings. The Morgan fingerprint density at radius 3 is 2.73 bits per heavy atom. The van der Waals surface area contributed by atoms with Crippen molar-refractivity contribution in [1.82, 2.24) is 15.2 Å². The fourth-order valence-corrected chi connectivity index (χ4v) is 4.15. The van der Waals surface area contributed by atoms with E-state index in [2.05, 4.69) is 22.1 Å². The summed E-state index contributed by atoms with van der Waals surface area (Å²) in [5, 5.41) is 4.09. The summed E-state index contributed by atoms with van der Waals surface area (Å²) >= 11 is 12.2. The lowest BCUT2D eigenvalue weighted by Gasteiger charge is -2.38. The number of ether oxygens (including phenoxy) is 1. The first-order chi connectivity index (χ1) is 15.9. The van der Waals surface area contributed by atoms with Crippen LogP contribution in [0.2, 0.25) is 10.0 Å². The summed E-state index contributed by atoms with van der Waals surface area (Å²) in [6.45, 7) is 6.45. The molecule has 1 aliphatic rings. The standard InChI is InChI=1S/C25H27Cl2N3O3/c1-16-15-32-20(14-30(16)13-18-8-9-21(26)22(27)10-18)12-28-24(31)11-23-17(2)33-25(29-23)19-6-4-3-5-7-19/h3-10,16,20H,11-15H2,1-2H3,(H,28,31)/t16-,20+/m1/s1. The average Bonchev–Trinajstić information content (AvgIpc) is 3.17. The van der Waals surface area contributed by atoms with Crippen molar-refractivity contribution in [3.63, 3.8) is 0 Å². The molecule has 174 valence electrons. The smallest absolute Gasteiger partial charge is 0.226 e. The number of nitrogens with one attached hydrogen (secondary N) is 1. The third-order valence-electron chi connectivity index (χ3n) is 5.77. The van der Waals surface area contributed by atoms with Crippen LogP contribution in [0.1, 0.15) is 23.9 Å². The predicted octanol–water partition coefficient (Wildman–Crippen LogP) is 4.91. The lowest BCUT2D eigenvalue weighted by Crippen LogP contribution is -2.51. The highest BCUT2D eigenvalue weighted by molar-refractivity contribution is 6.42. The monoisotopic (exact) mass is 487 g/mol. The molecule has 1 aromatic heterocycles. The van der Waals surface area contributed by atoms with E-state index in [0.29, 0.717) is 47.1 Å². The number of carbonyl (C=O) groups excluding carboxylic acids is 1. The van der Waals surface area contributed by atoms with Gasteiger partial charge in [0.05, 0.1) is 34.9 Å². The zero-order valence-electron chi connectivity index (χ0n) is 18.7. The van der Waals surface area contributed by atoms with Gasteiger partial charge in [0.1, 0.15) is 5.76 Å². The SMILES string of the molecule is Cc1oc(-c2ccccc2)nc1CC(=O)NC[C@H]1CN(Cc2ccc(Cl)c(Cl)c2)[C@H](C)CO1. The maximum Gasteiger partial charge on any atom is 0.226 e. The molecule has 1 N–H and O–H groups in total. The topological polar surface area (TPSA) is 67.6 Å². The molecular weight excluding hydrogens is 461 g/mol. The third kappa shape index (κ3) is 6.15. The van der Waals surface area contributed by atoms with E-state index in [1.54, 1.807) is 0 Å². The van der Waals surface area contributed by atoms with Crippen LogP contribution in [-0.4, -0.2) is 47.6 Å². The van der Waals surface area contributed by atoms with Crippen molar-refractivity contribution in [2.45, 2.75) is 39.0 Å². The largest absolute Gasteiger partial charge is 0.441 e. The summed E-state index contributed by atoms with van der Waals surface area (Å²) in [4.78, 5) is 19.4. The van der Waals surface area contributed by atoms with E-state index in [-0.39, 0.29) is 24.5 Å². The fraction of sp³-hybridized carbons (Fsp3) is 0.360. The maximum absolute atomic E-state index is 12.6. The van der Waals surface area contributed by atoms with Crippen molar-refractivity contribution < 1.29 is 13.9 Å². The second kappa shape index (κ2) is 10.7. The fourth-order valence-electron chi connectivity index (χ4n) is 3.83. The molecule has 1 amide bonds. The molecule has 0 unspecified atom stereocenters. The molecule has 0 bridgehead atoms. The number of aryl methyl sites for hydroxylation is 1. The van der Waals surface area contributed by atoms with E-state index in [9.17, 15) is 4.79 Å². The van der Waals surface area contributed by atoms with Crippen molar-refractivity contribution in [3.05, 3.63) is 75.6 Å². The minimum Gasteiger partial charge on any atom is -0.441 e. The van der Waals surface area contributed by atoms with Gasteiger partial charge in [-0.05, 0) is 43.7 Å². The first-order valence-corrected chi connectivity index (χ1v) is 11.7. The number of benzene rings is 2. The third-order valence-corrected chi connectivity index (χ3v) is 6.51. The lowest BCUT2D eigenvalue weighted by atomic mass is 10.1. The Morgan fingerprint density at radius 2 is 1.97 bits per heavy atom. The van der Waals surface area contributed by atoms with Gasteiger partial charge in [0.2, 0.25) is 11.8 Å². The van der Waals surface area contributed by atoms with Crippen LogP contribution in [-0.2, 0) is 22.5 Å². The molecular formula is C25H27Cl2N3O3. The van der Waals surface area contributed by atoms with E-state index in [0.717, 1.165) is 17.7 Å². The van der Waals surface area contributed by atoms with E-state index in [4.69, 9.17) is 32.4 Å². The molecule has 0 spiro atoms. The Morgan fingerprint density at radius 1 is 1.18 bits per heavy atom. The van der Waals surface area contributed by atoms with Crippen LogP contribution in [0.5, 0.6) is 0 Å². The van der Waals surface area contributed by atoms with E-state index < -0.39 is 0 Å². The summed E-state index contributed by atoms with van der Waals surface area (Å²) < 4.78 is 11.7. The number of oxazole rings is 1. The molecule has 2 heterocycles. The second-order valence-electron chi connectivity index (χ2n) is 8.35. The first kappa shape index (κ1) is 23.8. The van der Waals surface area contributed by atoms with Crippen molar-refractivity contribution in [2.24, 2.45) is 0 Å². The molecule has 4 rings (SSSR count).